The van der Waals surface area contributed by atoms with Crippen molar-refractivity contribution in [2.75, 3.05) is 33.9 Å². The maximum atomic E-state index is 13.0. The van der Waals surface area contributed by atoms with Crippen molar-refractivity contribution in [1.82, 2.24) is 9.80 Å². The minimum atomic E-state index is -4.36. The van der Waals surface area contributed by atoms with Gasteiger partial charge in [-0.15, -0.1) is 0 Å². The average molecular weight is 475 g/mol. The lowest BCUT2D eigenvalue weighted by Gasteiger charge is -2.43. The van der Waals surface area contributed by atoms with Crippen LogP contribution >= 0.6 is 12.2 Å². The molecule has 2 unspecified atom stereocenters. The summed E-state index contributed by atoms with van der Waals surface area (Å²) in [4.78, 5) is 5.00. The molecule has 0 N–H and O–H groups in total. The number of hydrogen-bond donors (Lipinski definition) is 0. The molecule has 0 aliphatic heterocycles. The van der Waals surface area contributed by atoms with E-state index in [0.29, 0.717) is 30.2 Å². The van der Waals surface area contributed by atoms with Gasteiger partial charge in [0.25, 0.3) is 0 Å². The van der Waals surface area contributed by atoms with Crippen molar-refractivity contribution in [3.63, 3.8) is 0 Å². The van der Waals surface area contributed by atoms with E-state index in [1.807, 2.05) is 13.8 Å². The molecule has 32 heavy (non-hydrogen) atoms. The van der Waals surface area contributed by atoms with E-state index >= 15 is 0 Å². The standard InChI is InChI=1S/C24H37F3N2O2S/c1-6-16-29(22(32)18-11-13-19(14-12-18)24(25,26)27)20-10-9-15-23(30-7-2,31-8-3)17-21(20)28(4)5/h11-14,20-21H,6-10,15-17H2,1-5H3. The Bertz CT molecular complexity index is 719. The van der Waals surface area contributed by atoms with Crippen LogP contribution in [0.3, 0.4) is 0 Å². The topological polar surface area (TPSA) is 24.9 Å². The van der Waals surface area contributed by atoms with Crippen molar-refractivity contribution < 1.29 is 22.6 Å². The van der Waals surface area contributed by atoms with Gasteiger partial charge in [-0.05, 0) is 59.3 Å². The monoisotopic (exact) mass is 474 g/mol. The third-order valence-corrected chi connectivity index (χ3v) is 6.56. The lowest BCUT2D eigenvalue weighted by atomic mass is 9.97. The van der Waals surface area contributed by atoms with Crippen molar-refractivity contribution in [2.24, 2.45) is 0 Å². The molecule has 0 saturated heterocycles. The van der Waals surface area contributed by atoms with Crippen LogP contribution in [0.4, 0.5) is 13.2 Å². The molecule has 0 radical (unpaired) electrons. The Hall–Kier alpha value is -1.22. The third-order valence-electron chi connectivity index (χ3n) is 6.08. The van der Waals surface area contributed by atoms with Crippen LogP contribution in [0.25, 0.3) is 0 Å². The summed E-state index contributed by atoms with van der Waals surface area (Å²) >= 11 is 5.83. The molecular weight excluding hydrogens is 437 g/mol. The van der Waals surface area contributed by atoms with E-state index in [-0.39, 0.29) is 12.1 Å². The molecular formula is C24H37F3N2O2S. The molecule has 182 valence electrons. The van der Waals surface area contributed by atoms with E-state index in [0.717, 1.165) is 44.4 Å². The van der Waals surface area contributed by atoms with Gasteiger partial charge in [-0.25, -0.2) is 0 Å². The highest BCUT2D eigenvalue weighted by Crippen LogP contribution is 2.36. The van der Waals surface area contributed by atoms with Crippen LogP contribution in [0.1, 0.15) is 64.0 Å². The van der Waals surface area contributed by atoms with Gasteiger partial charge < -0.3 is 19.3 Å². The normalized spacial score (nSPS) is 21.4. The van der Waals surface area contributed by atoms with Crippen LogP contribution in [-0.2, 0) is 15.7 Å². The molecule has 0 amide bonds. The molecule has 0 bridgehead atoms. The summed E-state index contributed by atoms with van der Waals surface area (Å²) in [7, 11) is 4.11. The fraction of sp³-hybridized carbons (Fsp3) is 0.708. The van der Waals surface area contributed by atoms with E-state index in [4.69, 9.17) is 21.7 Å². The third kappa shape index (κ3) is 6.65. The van der Waals surface area contributed by atoms with Crippen molar-refractivity contribution in [1.29, 1.82) is 0 Å². The molecule has 8 heteroatoms. The Morgan fingerprint density at radius 2 is 1.66 bits per heavy atom. The van der Waals surface area contributed by atoms with Gasteiger partial charge in [0.05, 0.1) is 5.56 Å². The van der Waals surface area contributed by atoms with Crippen LogP contribution < -0.4 is 0 Å². The molecule has 1 aliphatic carbocycles. The summed E-state index contributed by atoms with van der Waals surface area (Å²) in [6.45, 7) is 7.95. The Balaban J connectivity index is 2.36. The molecule has 2 atom stereocenters. The Labute approximate surface area is 196 Å². The largest absolute Gasteiger partial charge is 0.416 e. The molecule has 1 aromatic carbocycles. The molecule has 0 spiro atoms. The quantitative estimate of drug-likeness (QED) is 0.258. The van der Waals surface area contributed by atoms with Crippen LogP contribution in [0, 0.1) is 0 Å². The number of halogens is 3. The van der Waals surface area contributed by atoms with Gasteiger partial charge in [0, 0.05) is 50.2 Å². The number of likely N-dealkylation sites (N-methyl/N-ethyl adjacent to an activating group) is 1. The second-order valence-corrected chi connectivity index (χ2v) is 8.93. The molecule has 1 aromatic rings. The molecule has 1 aliphatic rings. The number of alkyl halides is 3. The fourth-order valence-electron chi connectivity index (χ4n) is 4.68. The number of nitrogens with zero attached hydrogens (tertiary/aromatic N) is 2. The van der Waals surface area contributed by atoms with E-state index in [2.05, 4.69) is 30.8 Å². The SMILES string of the molecule is CCCN(C(=S)c1ccc(C(F)(F)F)cc1)C1CCCC(OCC)(OCC)CC1N(C)C. The van der Waals surface area contributed by atoms with Crippen molar-refractivity contribution in [3.8, 4) is 0 Å². The molecule has 1 saturated carbocycles. The van der Waals surface area contributed by atoms with E-state index in [1.165, 1.54) is 12.1 Å². The predicted octanol–water partition coefficient (Wildman–Crippen LogP) is 5.74. The fourth-order valence-corrected chi connectivity index (χ4v) is 5.04. The Morgan fingerprint density at radius 1 is 1.06 bits per heavy atom. The van der Waals surface area contributed by atoms with E-state index < -0.39 is 17.5 Å². The van der Waals surface area contributed by atoms with Crippen LogP contribution in [0.2, 0.25) is 0 Å². The summed E-state index contributed by atoms with van der Waals surface area (Å²) in [5.74, 6) is -0.624. The summed E-state index contributed by atoms with van der Waals surface area (Å²) in [5, 5.41) is 0. The maximum absolute atomic E-state index is 13.0. The van der Waals surface area contributed by atoms with E-state index in [9.17, 15) is 13.2 Å². The van der Waals surface area contributed by atoms with E-state index in [1.54, 1.807) is 0 Å². The first-order valence-electron chi connectivity index (χ1n) is 11.5. The predicted molar refractivity (Wildman–Crippen MR) is 126 cm³/mol. The first-order chi connectivity index (χ1) is 15.1. The molecule has 1 fully saturated rings. The maximum Gasteiger partial charge on any atom is 0.416 e. The second kappa shape index (κ2) is 11.8. The minimum absolute atomic E-state index is 0.113. The van der Waals surface area contributed by atoms with Crippen LogP contribution in [0.15, 0.2) is 24.3 Å². The van der Waals surface area contributed by atoms with Crippen molar-refractivity contribution in [3.05, 3.63) is 35.4 Å². The summed E-state index contributed by atoms with van der Waals surface area (Å²) in [5.41, 5.74) is -0.0194. The number of benzene rings is 1. The summed E-state index contributed by atoms with van der Waals surface area (Å²) in [6.07, 6.45) is -0.122. The average Bonchev–Trinajstić information content (AvgIpc) is 2.91. The van der Waals surface area contributed by atoms with Crippen LogP contribution in [-0.4, -0.2) is 66.5 Å². The molecule has 2 rings (SSSR count). The zero-order valence-corrected chi connectivity index (χ0v) is 20.7. The first kappa shape index (κ1) is 27.0. The van der Waals surface area contributed by atoms with Crippen molar-refractivity contribution in [2.45, 2.75) is 76.9 Å². The first-order valence-corrected chi connectivity index (χ1v) is 11.9. The van der Waals surface area contributed by atoms with Gasteiger partial charge in [-0.2, -0.15) is 13.2 Å². The summed E-state index contributed by atoms with van der Waals surface area (Å²) < 4.78 is 51.3. The highest BCUT2D eigenvalue weighted by Gasteiger charge is 2.43. The zero-order chi connectivity index (χ0) is 23.9. The minimum Gasteiger partial charge on any atom is -0.358 e. The van der Waals surface area contributed by atoms with Gasteiger partial charge in [0.15, 0.2) is 5.79 Å². The zero-order valence-electron chi connectivity index (χ0n) is 19.9. The summed E-state index contributed by atoms with van der Waals surface area (Å²) in [6, 6.07) is 5.42. The molecule has 0 heterocycles. The number of thiocarbonyl (C=S) groups is 1. The Morgan fingerprint density at radius 3 is 2.12 bits per heavy atom. The highest BCUT2D eigenvalue weighted by molar-refractivity contribution is 7.80. The van der Waals surface area contributed by atoms with Gasteiger partial charge >= 0.3 is 6.18 Å². The lowest BCUT2D eigenvalue weighted by molar-refractivity contribution is -0.244. The molecule has 4 nitrogen and oxygen atoms in total. The van der Waals surface area contributed by atoms with Crippen molar-refractivity contribution >= 4 is 17.2 Å². The Kier molecular flexibility index (Phi) is 9.94. The lowest BCUT2D eigenvalue weighted by Crippen LogP contribution is -2.54. The number of ether oxygens (including phenoxy) is 2. The van der Waals surface area contributed by atoms with Gasteiger partial charge in [0.2, 0.25) is 0 Å². The smallest absolute Gasteiger partial charge is 0.358 e. The van der Waals surface area contributed by atoms with Crippen LogP contribution in [0.5, 0.6) is 0 Å². The van der Waals surface area contributed by atoms with Gasteiger partial charge in [-0.1, -0.05) is 31.3 Å². The second-order valence-electron chi connectivity index (χ2n) is 8.55. The number of rotatable bonds is 9. The van der Waals surface area contributed by atoms with Gasteiger partial charge in [0.1, 0.15) is 4.99 Å². The molecule has 0 aromatic heterocycles. The van der Waals surface area contributed by atoms with Gasteiger partial charge in [-0.3, -0.25) is 0 Å². The number of hydrogen-bond acceptors (Lipinski definition) is 4. The highest BCUT2D eigenvalue weighted by atomic mass is 32.1.